The topological polar surface area (TPSA) is 49.3 Å². The van der Waals surface area contributed by atoms with Gasteiger partial charge in [-0.1, -0.05) is 34.0 Å². The van der Waals surface area contributed by atoms with E-state index in [0.717, 1.165) is 10.0 Å². The summed E-state index contributed by atoms with van der Waals surface area (Å²) in [6.45, 7) is 1.87. The summed E-state index contributed by atoms with van der Waals surface area (Å²) < 4.78 is 0.967. The van der Waals surface area contributed by atoms with E-state index in [4.69, 9.17) is 6.42 Å². The van der Waals surface area contributed by atoms with Gasteiger partial charge < -0.3 is 5.11 Å². The van der Waals surface area contributed by atoms with E-state index in [-0.39, 0.29) is 6.54 Å². The van der Waals surface area contributed by atoms with Gasteiger partial charge in [0.1, 0.15) is 5.54 Å². The van der Waals surface area contributed by atoms with Crippen LogP contribution in [-0.2, 0) is 11.2 Å². The van der Waals surface area contributed by atoms with Crippen LogP contribution in [-0.4, -0.2) is 23.2 Å². The molecule has 0 amide bonds. The highest BCUT2D eigenvalue weighted by molar-refractivity contribution is 9.10. The van der Waals surface area contributed by atoms with Crippen LogP contribution in [0.5, 0.6) is 0 Å². The zero-order valence-electron chi connectivity index (χ0n) is 9.53. The van der Waals surface area contributed by atoms with Gasteiger partial charge in [0.15, 0.2) is 0 Å². The number of benzene rings is 1. The second-order valence-corrected chi connectivity index (χ2v) is 4.91. The Balaban J connectivity index is 2.83. The predicted octanol–water partition coefficient (Wildman–Crippen LogP) is 2.06. The molecule has 17 heavy (non-hydrogen) atoms. The van der Waals surface area contributed by atoms with Gasteiger partial charge in [0.05, 0.1) is 6.54 Å². The summed E-state index contributed by atoms with van der Waals surface area (Å²) in [6, 6.07) is 7.56. The zero-order chi connectivity index (χ0) is 12.9. The van der Waals surface area contributed by atoms with Gasteiger partial charge in [0.25, 0.3) is 0 Å². The van der Waals surface area contributed by atoms with Crippen LogP contribution in [0.25, 0.3) is 0 Å². The highest BCUT2D eigenvalue weighted by Crippen LogP contribution is 2.16. The van der Waals surface area contributed by atoms with Gasteiger partial charge in [-0.25, -0.2) is 0 Å². The molecule has 1 aromatic rings. The van der Waals surface area contributed by atoms with Crippen LogP contribution >= 0.6 is 15.9 Å². The van der Waals surface area contributed by atoms with Crippen LogP contribution in [0, 0.1) is 12.3 Å². The minimum Gasteiger partial charge on any atom is -0.480 e. The molecule has 0 bridgehead atoms. The minimum absolute atomic E-state index is 0.235. The van der Waals surface area contributed by atoms with E-state index in [2.05, 4.69) is 27.2 Å². The van der Waals surface area contributed by atoms with Gasteiger partial charge in [-0.15, -0.1) is 6.42 Å². The molecule has 0 spiro atoms. The number of carbonyl (C=O) groups is 1. The predicted molar refractivity (Wildman–Crippen MR) is 70.7 cm³/mol. The van der Waals surface area contributed by atoms with E-state index in [9.17, 15) is 9.90 Å². The fraction of sp³-hybridized carbons (Fsp3) is 0.308. The first kappa shape index (κ1) is 13.8. The third-order valence-electron chi connectivity index (χ3n) is 2.52. The van der Waals surface area contributed by atoms with E-state index in [0.29, 0.717) is 6.42 Å². The normalized spacial score (nSPS) is 13.7. The van der Waals surface area contributed by atoms with Crippen LogP contribution in [0.15, 0.2) is 28.7 Å². The van der Waals surface area contributed by atoms with Gasteiger partial charge >= 0.3 is 5.97 Å². The maximum Gasteiger partial charge on any atom is 0.323 e. The van der Waals surface area contributed by atoms with Crippen molar-refractivity contribution in [1.82, 2.24) is 5.32 Å². The van der Waals surface area contributed by atoms with Crippen molar-refractivity contribution < 1.29 is 9.90 Å². The molecule has 0 radical (unpaired) electrons. The number of carboxylic acid groups (broad SMARTS) is 1. The summed E-state index contributed by atoms with van der Waals surface area (Å²) in [5, 5.41) is 12.1. The average Bonchev–Trinajstić information content (AvgIpc) is 2.29. The number of rotatable bonds is 5. The van der Waals surface area contributed by atoms with Crippen LogP contribution in [0.2, 0.25) is 0 Å². The Morgan fingerprint density at radius 1 is 1.53 bits per heavy atom. The van der Waals surface area contributed by atoms with Crippen molar-refractivity contribution in [3.8, 4) is 12.3 Å². The molecule has 0 fully saturated rings. The lowest BCUT2D eigenvalue weighted by molar-refractivity contribution is -0.144. The summed E-state index contributed by atoms with van der Waals surface area (Å²) >= 11 is 3.34. The number of hydrogen-bond acceptors (Lipinski definition) is 2. The highest BCUT2D eigenvalue weighted by atomic mass is 79.9. The first-order valence-corrected chi connectivity index (χ1v) is 5.93. The lowest BCUT2D eigenvalue weighted by Crippen LogP contribution is -2.51. The lowest BCUT2D eigenvalue weighted by atomic mass is 9.93. The number of hydrogen-bond donors (Lipinski definition) is 2. The largest absolute Gasteiger partial charge is 0.480 e. The summed E-state index contributed by atoms with van der Waals surface area (Å²) in [4.78, 5) is 11.3. The molecule has 1 rings (SSSR count). The third kappa shape index (κ3) is 3.88. The van der Waals surface area contributed by atoms with Crippen molar-refractivity contribution in [1.29, 1.82) is 0 Å². The molecule has 0 aliphatic heterocycles. The number of terminal acetylenes is 1. The summed E-state index contributed by atoms with van der Waals surface area (Å²) in [5.41, 5.74) is -0.0946. The van der Waals surface area contributed by atoms with Crippen molar-refractivity contribution >= 4 is 21.9 Å². The molecule has 0 aliphatic rings. The van der Waals surface area contributed by atoms with E-state index in [1.165, 1.54) is 0 Å². The highest BCUT2D eigenvalue weighted by Gasteiger charge is 2.32. The molecule has 4 heteroatoms. The standard InChI is InChI=1S/C13H14BrNO2/c1-3-8-15-13(2,12(16)17)9-10-4-6-11(14)7-5-10/h1,4-7,15H,8-9H2,2H3,(H,16,17). The molecule has 0 aromatic heterocycles. The number of halogens is 1. The van der Waals surface area contributed by atoms with Crippen LogP contribution in [0.3, 0.4) is 0 Å². The Morgan fingerprint density at radius 3 is 2.59 bits per heavy atom. The summed E-state index contributed by atoms with van der Waals surface area (Å²) in [7, 11) is 0. The fourth-order valence-corrected chi connectivity index (χ4v) is 1.73. The number of carboxylic acids is 1. The molecule has 3 nitrogen and oxygen atoms in total. The monoisotopic (exact) mass is 295 g/mol. The number of nitrogens with one attached hydrogen (secondary N) is 1. The molecule has 1 aromatic carbocycles. The van der Waals surface area contributed by atoms with E-state index in [1.54, 1.807) is 6.92 Å². The van der Waals surface area contributed by atoms with Crippen molar-refractivity contribution in [2.24, 2.45) is 0 Å². The molecule has 2 N–H and O–H groups in total. The Hall–Kier alpha value is -1.31. The van der Waals surface area contributed by atoms with Crippen molar-refractivity contribution in [3.63, 3.8) is 0 Å². The molecule has 90 valence electrons. The third-order valence-corrected chi connectivity index (χ3v) is 3.05. The quantitative estimate of drug-likeness (QED) is 0.818. The molecule has 0 heterocycles. The fourth-order valence-electron chi connectivity index (χ4n) is 1.47. The van der Waals surface area contributed by atoms with Gasteiger partial charge in [-0.05, 0) is 24.6 Å². The van der Waals surface area contributed by atoms with E-state index in [1.807, 2.05) is 24.3 Å². The second-order valence-electron chi connectivity index (χ2n) is 4.00. The molecule has 0 saturated heterocycles. The van der Waals surface area contributed by atoms with Gasteiger partial charge in [0, 0.05) is 10.9 Å². The molecule has 0 saturated carbocycles. The SMILES string of the molecule is C#CCNC(C)(Cc1ccc(Br)cc1)C(=O)O. The Labute approximate surface area is 109 Å². The van der Waals surface area contributed by atoms with Crippen LogP contribution in [0.4, 0.5) is 0 Å². The Morgan fingerprint density at radius 2 is 2.12 bits per heavy atom. The Kier molecular flexibility index (Phi) is 4.73. The maximum absolute atomic E-state index is 11.3. The average molecular weight is 296 g/mol. The maximum atomic E-state index is 11.3. The van der Waals surface area contributed by atoms with Gasteiger partial charge in [0.2, 0.25) is 0 Å². The van der Waals surface area contributed by atoms with Crippen LogP contribution < -0.4 is 5.32 Å². The first-order valence-electron chi connectivity index (χ1n) is 5.14. The molecular formula is C13H14BrNO2. The van der Waals surface area contributed by atoms with Crippen molar-refractivity contribution in [3.05, 3.63) is 34.3 Å². The molecule has 0 aliphatic carbocycles. The summed E-state index contributed by atoms with van der Waals surface area (Å²) in [5.74, 6) is 1.48. The minimum atomic E-state index is -1.04. The Bertz CT molecular complexity index is 436. The summed E-state index contributed by atoms with van der Waals surface area (Å²) in [6.07, 6.45) is 5.52. The second kappa shape index (κ2) is 5.85. The van der Waals surface area contributed by atoms with Gasteiger partial charge in [-0.3, -0.25) is 10.1 Å². The van der Waals surface area contributed by atoms with Crippen molar-refractivity contribution in [2.75, 3.05) is 6.54 Å². The van der Waals surface area contributed by atoms with Crippen LogP contribution in [0.1, 0.15) is 12.5 Å². The van der Waals surface area contributed by atoms with Crippen molar-refractivity contribution in [2.45, 2.75) is 18.9 Å². The lowest BCUT2D eigenvalue weighted by Gasteiger charge is -2.25. The molecular weight excluding hydrogens is 282 g/mol. The van der Waals surface area contributed by atoms with E-state index >= 15 is 0 Å². The smallest absolute Gasteiger partial charge is 0.323 e. The first-order chi connectivity index (χ1) is 7.98. The van der Waals surface area contributed by atoms with E-state index < -0.39 is 11.5 Å². The molecule has 1 unspecified atom stereocenters. The van der Waals surface area contributed by atoms with Gasteiger partial charge in [-0.2, -0.15) is 0 Å². The molecule has 1 atom stereocenters. The zero-order valence-corrected chi connectivity index (χ0v) is 11.1. The number of aliphatic carboxylic acids is 1.